The average Bonchev–Trinajstić information content (AvgIpc) is 2.09. The summed E-state index contributed by atoms with van der Waals surface area (Å²) in [6.45, 7) is 0. The molecule has 0 amide bonds. The number of rotatable bonds is 3. The number of hydrogen-bond donors (Lipinski definition) is 0. The first-order valence-corrected chi connectivity index (χ1v) is 5.59. The van der Waals surface area contributed by atoms with Crippen molar-refractivity contribution in [2.24, 2.45) is 5.92 Å². The van der Waals surface area contributed by atoms with Crippen molar-refractivity contribution in [2.75, 3.05) is 12.4 Å². The molecule has 1 atom stereocenters. The zero-order valence-electron chi connectivity index (χ0n) is 7.18. The normalized spacial score (nSPS) is 23.5. The Kier molecular flexibility index (Phi) is 4.46. The van der Waals surface area contributed by atoms with E-state index in [0.29, 0.717) is 6.10 Å². The van der Waals surface area contributed by atoms with Crippen LogP contribution in [0.4, 0.5) is 0 Å². The molecule has 1 saturated carbocycles. The van der Waals surface area contributed by atoms with Gasteiger partial charge in [0.2, 0.25) is 0 Å². The highest BCUT2D eigenvalue weighted by atomic mass is 79.9. The number of methoxy groups -OCH3 is 1. The first kappa shape index (κ1) is 9.53. The molecule has 0 N–H and O–H groups in total. The summed E-state index contributed by atoms with van der Waals surface area (Å²) >= 11 is 3.49. The fourth-order valence-electron chi connectivity index (χ4n) is 1.89. The van der Waals surface area contributed by atoms with Crippen molar-refractivity contribution < 1.29 is 4.74 Å². The van der Waals surface area contributed by atoms with Crippen LogP contribution in [0.15, 0.2) is 0 Å². The van der Waals surface area contributed by atoms with E-state index in [1.165, 1.54) is 32.1 Å². The molecule has 1 unspecified atom stereocenters. The standard InChI is InChI=1S/C9H17BrO/c1-11-9(7-10)8-5-3-2-4-6-8/h8-9H,2-7H2,1H3. The molecule has 0 spiro atoms. The lowest BCUT2D eigenvalue weighted by Crippen LogP contribution is -2.26. The highest BCUT2D eigenvalue weighted by Crippen LogP contribution is 2.28. The highest BCUT2D eigenvalue weighted by molar-refractivity contribution is 9.09. The molecule has 0 heterocycles. The van der Waals surface area contributed by atoms with E-state index in [4.69, 9.17) is 4.74 Å². The van der Waals surface area contributed by atoms with Crippen LogP contribution < -0.4 is 0 Å². The molecule has 0 radical (unpaired) electrons. The molecule has 0 aromatic rings. The van der Waals surface area contributed by atoms with Crippen LogP contribution in [0.25, 0.3) is 0 Å². The number of halogens is 1. The minimum Gasteiger partial charge on any atom is -0.380 e. The van der Waals surface area contributed by atoms with E-state index in [-0.39, 0.29) is 0 Å². The molecule has 1 rings (SSSR count). The zero-order chi connectivity index (χ0) is 8.10. The van der Waals surface area contributed by atoms with Crippen molar-refractivity contribution in [2.45, 2.75) is 38.2 Å². The summed E-state index contributed by atoms with van der Waals surface area (Å²) in [6, 6.07) is 0. The first-order valence-electron chi connectivity index (χ1n) is 4.47. The molecule has 0 aromatic heterocycles. The van der Waals surface area contributed by atoms with Crippen molar-refractivity contribution in [3.63, 3.8) is 0 Å². The molecule has 1 aliphatic rings. The van der Waals surface area contributed by atoms with Crippen LogP contribution in [0.3, 0.4) is 0 Å². The van der Waals surface area contributed by atoms with Crippen LogP contribution in [0.5, 0.6) is 0 Å². The molecular formula is C9H17BrO. The zero-order valence-corrected chi connectivity index (χ0v) is 8.77. The molecule has 0 saturated heterocycles. The van der Waals surface area contributed by atoms with Crippen molar-refractivity contribution in [1.29, 1.82) is 0 Å². The largest absolute Gasteiger partial charge is 0.380 e. The van der Waals surface area contributed by atoms with Gasteiger partial charge in [0, 0.05) is 12.4 Å². The third kappa shape index (κ3) is 2.75. The van der Waals surface area contributed by atoms with Gasteiger partial charge in [-0.3, -0.25) is 0 Å². The third-order valence-corrected chi connectivity index (χ3v) is 3.27. The molecule has 0 aromatic carbocycles. The van der Waals surface area contributed by atoms with Gasteiger partial charge in [0.25, 0.3) is 0 Å². The van der Waals surface area contributed by atoms with Crippen LogP contribution in [-0.4, -0.2) is 18.5 Å². The lowest BCUT2D eigenvalue weighted by atomic mass is 9.86. The molecule has 2 heteroatoms. The van der Waals surface area contributed by atoms with Crippen LogP contribution in [0.2, 0.25) is 0 Å². The van der Waals surface area contributed by atoms with E-state index in [1.807, 2.05) is 7.11 Å². The number of alkyl halides is 1. The lowest BCUT2D eigenvalue weighted by Gasteiger charge is -2.27. The Morgan fingerprint density at radius 2 is 2.00 bits per heavy atom. The minimum atomic E-state index is 0.454. The highest BCUT2D eigenvalue weighted by Gasteiger charge is 2.21. The number of hydrogen-bond acceptors (Lipinski definition) is 1. The average molecular weight is 221 g/mol. The summed E-state index contributed by atoms with van der Waals surface area (Å²) in [5.74, 6) is 0.813. The van der Waals surface area contributed by atoms with Crippen LogP contribution >= 0.6 is 15.9 Å². The molecule has 66 valence electrons. The van der Waals surface area contributed by atoms with E-state index in [0.717, 1.165) is 11.2 Å². The van der Waals surface area contributed by atoms with Gasteiger partial charge >= 0.3 is 0 Å². The van der Waals surface area contributed by atoms with E-state index in [2.05, 4.69) is 15.9 Å². The Labute approximate surface area is 77.6 Å². The SMILES string of the molecule is COC(CBr)C1CCCCC1. The fourth-order valence-corrected chi connectivity index (χ4v) is 2.68. The third-order valence-electron chi connectivity index (χ3n) is 2.63. The second-order valence-corrected chi connectivity index (χ2v) is 3.97. The summed E-state index contributed by atoms with van der Waals surface area (Å²) < 4.78 is 5.39. The van der Waals surface area contributed by atoms with E-state index in [9.17, 15) is 0 Å². The van der Waals surface area contributed by atoms with Gasteiger partial charge in [-0.1, -0.05) is 35.2 Å². The fraction of sp³-hybridized carbons (Fsp3) is 1.00. The topological polar surface area (TPSA) is 9.23 Å². The lowest BCUT2D eigenvalue weighted by molar-refractivity contribution is 0.0551. The number of ether oxygens (including phenoxy) is 1. The van der Waals surface area contributed by atoms with Crippen molar-refractivity contribution >= 4 is 15.9 Å². The first-order chi connectivity index (χ1) is 5.38. The molecule has 0 bridgehead atoms. The minimum absolute atomic E-state index is 0.454. The van der Waals surface area contributed by atoms with E-state index < -0.39 is 0 Å². The summed E-state index contributed by atoms with van der Waals surface area (Å²) in [5.41, 5.74) is 0. The van der Waals surface area contributed by atoms with Gasteiger partial charge in [-0.05, 0) is 18.8 Å². The molecular weight excluding hydrogens is 204 g/mol. The van der Waals surface area contributed by atoms with Gasteiger partial charge in [0.05, 0.1) is 6.10 Å². The summed E-state index contributed by atoms with van der Waals surface area (Å²) in [4.78, 5) is 0. The second-order valence-electron chi connectivity index (χ2n) is 3.33. The molecule has 0 aliphatic heterocycles. The Balaban J connectivity index is 2.30. The molecule has 11 heavy (non-hydrogen) atoms. The Morgan fingerprint density at radius 1 is 1.36 bits per heavy atom. The van der Waals surface area contributed by atoms with Crippen molar-refractivity contribution in [1.82, 2.24) is 0 Å². The maximum atomic E-state index is 5.39. The van der Waals surface area contributed by atoms with Crippen LogP contribution in [-0.2, 0) is 4.74 Å². The smallest absolute Gasteiger partial charge is 0.0696 e. The van der Waals surface area contributed by atoms with Gasteiger partial charge in [-0.25, -0.2) is 0 Å². The van der Waals surface area contributed by atoms with Gasteiger partial charge in [-0.15, -0.1) is 0 Å². The molecule has 1 fully saturated rings. The quantitative estimate of drug-likeness (QED) is 0.665. The van der Waals surface area contributed by atoms with Crippen LogP contribution in [0, 0.1) is 5.92 Å². The van der Waals surface area contributed by atoms with Crippen LogP contribution in [0.1, 0.15) is 32.1 Å². The maximum absolute atomic E-state index is 5.39. The summed E-state index contributed by atoms with van der Waals surface area (Å²) in [6.07, 6.45) is 7.41. The molecule has 1 aliphatic carbocycles. The predicted octanol–water partition coefficient (Wildman–Crippen LogP) is 2.98. The van der Waals surface area contributed by atoms with E-state index >= 15 is 0 Å². The monoisotopic (exact) mass is 220 g/mol. The Hall–Kier alpha value is 0.440. The van der Waals surface area contributed by atoms with Gasteiger partial charge in [0.1, 0.15) is 0 Å². The van der Waals surface area contributed by atoms with E-state index in [1.54, 1.807) is 0 Å². The van der Waals surface area contributed by atoms with Gasteiger partial charge in [-0.2, -0.15) is 0 Å². The summed E-state index contributed by atoms with van der Waals surface area (Å²) in [7, 11) is 1.82. The maximum Gasteiger partial charge on any atom is 0.0696 e. The van der Waals surface area contributed by atoms with Gasteiger partial charge < -0.3 is 4.74 Å². The molecule has 1 nitrogen and oxygen atoms in total. The second kappa shape index (κ2) is 5.15. The van der Waals surface area contributed by atoms with Crippen molar-refractivity contribution in [3.05, 3.63) is 0 Å². The Bertz CT molecular complexity index is 95.7. The predicted molar refractivity (Wildman–Crippen MR) is 51.2 cm³/mol. The Morgan fingerprint density at radius 3 is 2.45 bits per heavy atom. The van der Waals surface area contributed by atoms with Crippen molar-refractivity contribution in [3.8, 4) is 0 Å². The summed E-state index contributed by atoms with van der Waals surface area (Å²) in [5, 5.41) is 0.994. The van der Waals surface area contributed by atoms with Gasteiger partial charge in [0.15, 0.2) is 0 Å².